The molecule has 0 aliphatic rings. The molecule has 0 spiro atoms. The van der Waals surface area contributed by atoms with Crippen LogP contribution in [0.5, 0.6) is 0 Å². The summed E-state index contributed by atoms with van der Waals surface area (Å²) in [7, 11) is 0. The Hall–Kier alpha value is -2.09. The van der Waals surface area contributed by atoms with E-state index in [2.05, 4.69) is 10.3 Å². The van der Waals surface area contributed by atoms with Crippen molar-refractivity contribution in [3.05, 3.63) is 45.9 Å². The number of aromatic carboxylic acids is 1. The van der Waals surface area contributed by atoms with Crippen molar-refractivity contribution in [1.29, 1.82) is 0 Å². The Morgan fingerprint density at radius 3 is 2.70 bits per heavy atom. The summed E-state index contributed by atoms with van der Waals surface area (Å²) in [4.78, 5) is 15.7. The van der Waals surface area contributed by atoms with Crippen molar-refractivity contribution in [3.63, 3.8) is 0 Å². The van der Waals surface area contributed by atoms with Crippen LogP contribution in [0, 0.1) is 0 Å². The van der Waals surface area contributed by atoms with E-state index in [-0.39, 0.29) is 5.69 Å². The summed E-state index contributed by atoms with van der Waals surface area (Å²) >= 11 is 1.36. The predicted molar refractivity (Wildman–Crippen MR) is 67.8 cm³/mol. The smallest absolute Gasteiger partial charge is 0.416 e. The molecule has 20 heavy (non-hydrogen) atoms. The second-order valence-electron chi connectivity index (χ2n) is 3.88. The molecule has 0 atom stereocenters. The Labute approximate surface area is 115 Å². The van der Waals surface area contributed by atoms with Gasteiger partial charge in [0.1, 0.15) is 0 Å². The molecule has 4 nitrogen and oxygen atoms in total. The first-order valence-corrected chi connectivity index (χ1v) is 6.31. The van der Waals surface area contributed by atoms with Crippen LogP contribution in [0.25, 0.3) is 0 Å². The van der Waals surface area contributed by atoms with Gasteiger partial charge < -0.3 is 10.4 Å². The van der Waals surface area contributed by atoms with Crippen LogP contribution in [0.3, 0.4) is 0 Å². The summed E-state index contributed by atoms with van der Waals surface area (Å²) < 4.78 is 37.7. The average Bonchev–Trinajstić information content (AvgIpc) is 2.88. The third kappa shape index (κ3) is 3.27. The molecular formula is C12H9F3N2O2S. The number of rotatable bonds is 4. The van der Waals surface area contributed by atoms with E-state index in [0.717, 1.165) is 17.0 Å². The van der Waals surface area contributed by atoms with Crippen molar-refractivity contribution in [2.45, 2.75) is 12.7 Å². The van der Waals surface area contributed by atoms with Crippen molar-refractivity contribution >= 4 is 23.0 Å². The molecule has 0 aliphatic heterocycles. The number of thiazole rings is 1. The number of nitrogens with one attached hydrogen (secondary N) is 1. The number of benzene rings is 1. The van der Waals surface area contributed by atoms with Crippen molar-refractivity contribution < 1.29 is 23.1 Å². The fraction of sp³-hybridized carbons (Fsp3) is 0.167. The summed E-state index contributed by atoms with van der Waals surface area (Å²) in [6.07, 6.45) is -2.97. The Kier molecular flexibility index (Phi) is 3.93. The molecular weight excluding hydrogens is 293 g/mol. The van der Waals surface area contributed by atoms with Gasteiger partial charge in [0, 0.05) is 16.8 Å². The second-order valence-corrected chi connectivity index (χ2v) is 4.86. The molecule has 2 rings (SSSR count). The maximum Gasteiger partial charge on any atom is 0.416 e. The lowest BCUT2D eigenvalue weighted by Crippen LogP contribution is -2.10. The van der Waals surface area contributed by atoms with E-state index in [0.29, 0.717) is 12.6 Å². The summed E-state index contributed by atoms with van der Waals surface area (Å²) in [6, 6.07) is 2.59. The minimum Gasteiger partial charge on any atom is -0.478 e. The molecule has 0 bridgehead atoms. The summed E-state index contributed by atoms with van der Waals surface area (Å²) in [6.45, 7) is 0.302. The zero-order valence-electron chi connectivity index (χ0n) is 9.94. The molecule has 1 aromatic heterocycles. The molecule has 0 saturated heterocycles. The van der Waals surface area contributed by atoms with Crippen LogP contribution >= 0.6 is 11.3 Å². The molecule has 0 unspecified atom stereocenters. The van der Waals surface area contributed by atoms with E-state index in [4.69, 9.17) is 5.11 Å². The number of carboxylic acids is 1. The number of halogens is 3. The number of carbonyl (C=O) groups is 1. The van der Waals surface area contributed by atoms with E-state index in [1.165, 1.54) is 11.3 Å². The van der Waals surface area contributed by atoms with Crippen LogP contribution in [0.2, 0.25) is 0 Å². The number of hydrogen-bond acceptors (Lipinski definition) is 4. The molecule has 0 amide bonds. The largest absolute Gasteiger partial charge is 0.478 e. The third-order valence-electron chi connectivity index (χ3n) is 2.51. The molecule has 8 heteroatoms. The zero-order valence-corrected chi connectivity index (χ0v) is 10.8. The van der Waals surface area contributed by atoms with Crippen molar-refractivity contribution in [2.24, 2.45) is 0 Å². The van der Waals surface area contributed by atoms with Gasteiger partial charge in [-0.25, -0.2) is 4.79 Å². The molecule has 0 fully saturated rings. The highest BCUT2D eigenvalue weighted by atomic mass is 32.1. The lowest BCUT2D eigenvalue weighted by Gasteiger charge is -2.12. The number of anilines is 1. The van der Waals surface area contributed by atoms with Crippen LogP contribution in [0.15, 0.2) is 29.9 Å². The van der Waals surface area contributed by atoms with E-state index < -0.39 is 23.3 Å². The number of aromatic nitrogens is 1. The molecule has 2 aromatic rings. The summed E-state index contributed by atoms with van der Waals surface area (Å²) in [5.74, 6) is -1.41. The number of alkyl halides is 3. The van der Waals surface area contributed by atoms with Crippen LogP contribution in [0.4, 0.5) is 18.9 Å². The van der Waals surface area contributed by atoms with Gasteiger partial charge in [-0.2, -0.15) is 13.2 Å². The fourth-order valence-corrected chi connectivity index (χ4v) is 2.10. The van der Waals surface area contributed by atoms with Crippen molar-refractivity contribution in [2.75, 3.05) is 5.32 Å². The minimum atomic E-state index is -4.57. The van der Waals surface area contributed by atoms with Crippen LogP contribution < -0.4 is 5.32 Å². The third-order valence-corrected chi connectivity index (χ3v) is 3.29. The van der Waals surface area contributed by atoms with Crippen LogP contribution in [0.1, 0.15) is 20.8 Å². The van der Waals surface area contributed by atoms with Gasteiger partial charge in [-0.3, -0.25) is 4.98 Å². The van der Waals surface area contributed by atoms with Gasteiger partial charge in [-0.15, -0.1) is 11.3 Å². The van der Waals surface area contributed by atoms with Crippen molar-refractivity contribution in [3.8, 4) is 0 Å². The molecule has 0 aliphatic carbocycles. The SMILES string of the molecule is O=C(O)c1cc(C(F)(F)F)ccc1NCc1cncs1. The molecule has 1 heterocycles. The van der Waals surface area contributed by atoms with Gasteiger partial charge >= 0.3 is 12.1 Å². The molecule has 106 valence electrons. The van der Waals surface area contributed by atoms with Gasteiger partial charge in [0.15, 0.2) is 0 Å². The molecule has 1 aromatic carbocycles. The first kappa shape index (κ1) is 14.3. The number of carboxylic acid groups (broad SMARTS) is 1. The second kappa shape index (κ2) is 5.49. The minimum absolute atomic E-state index is 0.138. The number of hydrogen-bond donors (Lipinski definition) is 2. The fourth-order valence-electron chi connectivity index (χ4n) is 1.56. The molecule has 0 saturated carbocycles. The summed E-state index contributed by atoms with van der Waals surface area (Å²) in [5, 5.41) is 11.8. The monoisotopic (exact) mass is 302 g/mol. The lowest BCUT2D eigenvalue weighted by atomic mass is 10.1. The quantitative estimate of drug-likeness (QED) is 0.907. The highest BCUT2D eigenvalue weighted by molar-refractivity contribution is 7.09. The van der Waals surface area contributed by atoms with E-state index >= 15 is 0 Å². The highest BCUT2D eigenvalue weighted by Gasteiger charge is 2.31. The topological polar surface area (TPSA) is 62.2 Å². The van der Waals surface area contributed by atoms with Gasteiger partial charge in [0.25, 0.3) is 0 Å². The van der Waals surface area contributed by atoms with Crippen LogP contribution in [-0.2, 0) is 12.7 Å². The Morgan fingerprint density at radius 2 is 2.15 bits per heavy atom. The molecule has 0 radical (unpaired) electrons. The Bertz CT molecular complexity index is 612. The standard InChI is InChI=1S/C12H9F3N2O2S/c13-12(14,15)7-1-2-10(9(3-7)11(18)19)17-5-8-4-16-6-20-8/h1-4,6,17H,5H2,(H,18,19). The van der Waals surface area contributed by atoms with Crippen LogP contribution in [-0.4, -0.2) is 16.1 Å². The highest BCUT2D eigenvalue weighted by Crippen LogP contribution is 2.32. The van der Waals surface area contributed by atoms with E-state index in [1.807, 2.05) is 0 Å². The van der Waals surface area contributed by atoms with Gasteiger partial charge in [0.2, 0.25) is 0 Å². The lowest BCUT2D eigenvalue weighted by molar-refractivity contribution is -0.137. The molecule has 2 N–H and O–H groups in total. The maximum absolute atomic E-state index is 12.6. The normalized spacial score (nSPS) is 11.3. The Balaban J connectivity index is 2.26. The summed E-state index contributed by atoms with van der Waals surface area (Å²) in [5.41, 5.74) is 0.350. The van der Waals surface area contributed by atoms with E-state index in [9.17, 15) is 18.0 Å². The van der Waals surface area contributed by atoms with Gasteiger partial charge in [-0.05, 0) is 18.2 Å². The van der Waals surface area contributed by atoms with Crippen molar-refractivity contribution in [1.82, 2.24) is 4.98 Å². The zero-order chi connectivity index (χ0) is 14.8. The Morgan fingerprint density at radius 1 is 1.40 bits per heavy atom. The predicted octanol–water partition coefficient (Wildman–Crippen LogP) is 3.47. The van der Waals surface area contributed by atoms with Gasteiger partial charge in [-0.1, -0.05) is 0 Å². The number of nitrogens with zero attached hydrogens (tertiary/aromatic N) is 1. The van der Waals surface area contributed by atoms with E-state index in [1.54, 1.807) is 11.7 Å². The van der Waals surface area contributed by atoms with Gasteiger partial charge in [0.05, 0.1) is 23.2 Å². The maximum atomic E-state index is 12.6. The first-order chi connectivity index (χ1) is 9.38. The average molecular weight is 302 g/mol. The first-order valence-electron chi connectivity index (χ1n) is 5.43.